The zero-order valence-electron chi connectivity index (χ0n) is 8.90. The third-order valence-corrected chi connectivity index (χ3v) is 3.30. The molecule has 0 fully saturated rings. The Morgan fingerprint density at radius 3 is 3.14 bits per heavy atom. The van der Waals surface area contributed by atoms with Gasteiger partial charge in [0.2, 0.25) is 0 Å². The average molecular weight is 217 g/mol. The Morgan fingerprint density at radius 2 is 2.50 bits per heavy atom. The third kappa shape index (κ3) is 3.98. The van der Waals surface area contributed by atoms with E-state index in [4.69, 9.17) is 9.84 Å². The number of aliphatic hydroxyl groups excluding tert-OH is 1. The molecule has 0 aromatic heterocycles. The summed E-state index contributed by atoms with van der Waals surface area (Å²) in [6.07, 6.45) is 1.84. The lowest BCUT2D eigenvalue weighted by atomic mass is 10.1. The summed E-state index contributed by atoms with van der Waals surface area (Å²) in [5.74, 6) is 0.520. The van der Waals surface area contributed by atoms with Crippen LogP contribution in [0.15, 0.2) is 4.99 Å². The van der Waals surface area contributed by atoms with Gasteiger partial charge in [-0.1, -0.05) is 18.7 Å². The van der Waals surface area contributed by atoms with Gasteiger partial charge in [0, 0.05) is 13.2 Å². The fraction of sp³-hybridized carbons (Fsp3) is 0.900. The topological polar surface area (TPSA) is 41.8 Å². The van der Waals surface area contributed by atoms with Crippen molar-refractivity contribution in [3.63, 3.8) is 0 Å². The largest absolute Gasteiger partial charge is 0.396 e. The van der Waals surface area contributed by atoms with E-state index in [9.17, 15) is 0 Å². The molecule has 2 atom stereocenters. The molecule has 0 aromatic carbocycles. The quantitative estimate of drug-likeness (QED) is 0.739. The van der Waals surface area contributed by atoms with E-state index in [0.717, 1.165) is 26.0 Å². The zero-order chi connectivity index (χ0) is 10.4. The van der Waals surface area contributed by atoms with Gasteiger partial charge in [-0.15, -0.1) is 0 Å². The van der Waals surface area contributed by atoms with E-state index < -0.39 is 0 Å². The van der Waals surface area contributed by atoms with Crippen molar-refractivity contribution in [2.45, 2.75) is 32.1 Å². The smallest absolute Gasteiger partial charge is 0.128 e. The molecule has 82 valence electrons. The number of thioether (sulfide) groups is 1. The van der Waals surface area contributed by atoms with Crippen molar-refractivity contribution < 1.29 is 9.84 Å². The SMILES string of the molecule is CCOC1CN=C(CC(C)CCO)S1. The van der Waals surface area contributed by atoms with E-state index in [0.29, 0.717) is 5.92 Å². The Morgan fingerprint density at radius 1 is 1.71 bits per heavy atom. The van der Waals surface area contributed by atoms with Crippen LogP contribution in [0.5, 0.6) is 0 Å². The summed E-state index contributed by atoms with van der Waals surface area (Å²) >= 11 is 1.74. The summed E-state index contributed by atoms with van der Waals surface area (Å²) in [5, 5.41) is 9.96. The second-order valence-electron chi connectivity index (χ2n) is 3.56. The molecule has 1 heterocycles. The van der Waals surface area contributed by atoms with Gasteiger partial charge in [-0.25, -0.2) is 0 Å². The molecule has 1 rings (SSSR count). The van der Waals surface area contributed by atoms with Crippen LogP contribution in [0.25, 0.3) is 0 Å². The fourth-order valence-electron chi connectivity index (χ4n) is 1.41. The summed E-state index contributed by atoms with van der Waals surface area (Å²) in [7, 11) is 0. The number of nitrogens with zero attached hydrogens (tertiary/aromatic N) is 1. The maximum Gasteiger partial charge on any atom is 0.128 e. The van der Waals surface area contributed by atoms with Gasteiger partial charge in [0.25, 0.3) is 0 Å². The predicted octanol–water partition coefficient (Wildman–Crippen LogP) is 1.90. The number of ether oxygens (including phenoxy) is 1. The highest BCUT2D eigenvalue weighted by Crippen LogP contribution is 2.26. The number of aliphatic imine (C=N–C) groups is 1. The summed E-state index contributed by atoms with van der Waals surface area (Å²) in [5.41, 5.74) is 0.233. The molecule has 1 N–H and O–H groups in total. The number of hydrogen-bond acceptors (Lipinski definition) is 4. The van der Waals surface area contributed by atoms with Gasteiger partial charge in [0.1, 0.15) is 5.44 Å². The molecule has 4 heteroatoms. The molecular formula is C10H19NO2S. The van der Waals surface area contributed by atoms with Crippen LogP contribution < -0.4 is 0 Å². The van der Waals surface area contributed by atoms with Crippen LogP contribution in [0.2, 0.25) is 0 Å². The lowest BCUT2D eigenvalue weighted by molar-refractivity contribution is 0.133. The summed E-state index contributed by atoms with van der Waals surface area (Å²) in [6.45, 7) is 5.97. The van der Waals surface area contributed by atoms with Crippen molar-refractivity contribution in [1.29, 1.82) is 0 Å². The molecular weight excluding hydrogens is 198 g/mol. The zero-order valence-corrected chi connectivity index (χ0v) is 9.72. The fourth-order valence-corrected chi connectivity index (χ4v) is 2.59. The first kappa shape index (κ1) is 12.0. The van der Waals surface area contributed by atoms with Crippen molar-refractivity contribution in [2.24, 2.45) is 10.9 Å². The molecule has 1 aliphatic rings. The van der Waals surface area contributed by atoms with Crippen LogP contribution in [0.3, 0.4) is 0 Å². The van der Waals surface area contributed by atoms with Crippen LogP contribution in [-0.2, 0) is 4.74 Å². The monoisotopic (exact) mass is 217 g/mol. The van der Waals surface area contributed by atoms with E-state index in [1.165, 1.54) is 5.04 Å². The van der Waals surface area contributed by atoms with Crippen molar-refractivity contribution in [1.82, 2.24) is 0 Å². The third-order valence-electron chi connectivity index (χ3n) is 2.18. The van der Waals surface area contributed by atoms with Gasteiger partial charge in [0.15, 0.2) is 0 Å². The molecule has 0 amide bonds. The van der Waals surface area contributed by atoms with E-state index >= 15 is 0 Å². The van der Waals surface area contributed by atoms with Gasteiger partial charge in [0.05, 0.1) is 11.6 Å². The second kappa shape index (κ2) is 6.43. The van der Waals surface area contributed by atoms with Crippen LogP contribution in [0.4, 0.5) is 0 Å². The predicted molar refractivity (Wildman–Crippen MR) is 60.8 cm³/mol. The molecule has 0 radical (unpaired) electrons. The first-order chi connectivity index (χ1) is 6.76. The standard InChI is InChI=1S/C10H19NO2S/c1-3-13-10-7-11-9(14-10)6-8(2)4-5-12/h8,10,12H,3-7H2,1-2H3. The molecule has 0 saturated heterocycles. The molecule has 0 aliphatic carbocycles. The van der Waals surface area contributed by atoms with Crippen LogP contribution >= 0.6 is 11.8 Å². The minimum Gasteiger partial charge on any atom is -0.396 e. The van der Waals surface area contributed by atoms with Crippen molar-refractivity contribution >= 4 is 16.8 Å². The van der Waals surface area contributed by atoms with E-state index in [-0.39, 0.29) is 12.0 Å². The summed E-state index contributed by atoms with van der Waals surface area (Å²) in [4.78, 5) is 4.43. The van der Waals surface area contributed by atoms with Gasteiger partial charge in [-0.05, 0) is 25.7 Å². The molecule has 2 unspecified atom stereocenters. The molecule has 0 spiro atoms. The van der Waals surface area contributed by atoms with Crippen LogP contribution in [-0.4, -0.2) is 35.3 Å². The first-order valence-corrected chi connectivity index (χ1v) is 6.06. The highest BCUT2D eigenvalue weighted by molar-refractivity contribution is 8.14. The number of aliphatic hydroxyl groups is 1. The second-order valence-corrected chi connectivity index (χ2v) is 4.79. The maximum absolute atomic E-state index is 8.78. The Kier molecular flexibility index (Phi) is 5.52. The number of rotatable bonds is 6. The Bertz CT molecular complexity index is 197. The molecule has 3 nitrogen and oxygen atoms in total. The Labute approximate surface area is 89.9 Å². The van der Waals surface area contributed by atoms with E-state index in [2.05, 4.69) is 11.9 Å². The van der Waals surface area contributed by atoms with Crippen molar-refractivity contribution in [2.75, 3.05) is 19.8 Å². The maximum atomic E-state index is 8.78. The number of hydrogen-bond donors (Lipinski definition) is 1. The normalized spacial score (nSPS) is 23.6. The average Bonchev–Trinajstić information content (AvgIpc) is 2.53. The lowest BCUT2D eigenvalue weighted by Crippen LogP contribution is -2.09. The molecule has 0 aromatic rings. The van der Waals surface area contributed by atoms with Gasteiger partial charge in [-0.2, -0.15) is 0 Å². The molecule has 1 aliphatic heterocycles. The molecule has 14 heavy (non-hydrogen) atoms. The minimum atomic E-state index is 0.233. The van der Waals surface area contributed by atoms with Crippen molar-refractivity contribution in [3.8, 4) is 0 Å². The highest BCUT2D eigenvalue weighted by atomic mass is 32.2. The van der Waals surface area contributed by atoms with Crippen molar-refractivity contribution in [3.05, 3.63) is 0 Å². The first-order valence-electron chi connectivity index (χ1n) is 5.18. The Balaban J connectivity index is 2.21. The molecule has 0 saturated carbocycles. The van der Waals surface area contributed by atoms with Gasteiger partial charge >= 0.3 is 0 Å². The van der Waals surface area contributed by atoms with Crippen LogP contribution in [0.1, 0.15) is 26.7 Å². The van der Waals surface area contributed by atoms with E-state index in [1.807, 2.05) is 6.92 Å². The minimum absolute atomic E-state index is 0.233. The lowest BCUT2D eigenvalue weighted by Gasteiger charge is -2.10. The van der Waals surface area contributed by atoms with E-state index in [1.54, 1.807) is 11.8 Å². The van der Waals surface area contributed by atoms with Gasteiger partial charge in [-0.3, -0.25) is 4.99 Å². The van der Waals surface area contributed by atoms with Gasteiger partial charge < -0.3 is 9.84 Å². The highest BCUT2D eigenvalue weighted by Gasteiger charge is 2.20. The molecule has 0 bridgehead atoms. The summed E-state index contributed by atoms with van der Waals surface area (Å²) in [6, 6.07) is 0. The Hall–Kier alpha value is -0.0600. The van der Waals surface area contributed by atoms with Crippen LogP contribution in [0, 0.1) is 5.92 Å². The summed E-state index contributed by atoms with van der Waals surface area (Å²) < 4.78 is 5.47.